The molecular formula is C44H82Cl3NO8P. The molecule has 0 saturated carbocycles. The summed E-state index contributed by atoms with van der Waals surface area (Å²) in [5.74, 6) is -3.01. The van der Waals surface area contributed by atoms with Crippen molar-refractivity contribution in [2.75, 3.05) is 32.5 Å². The molecule has 0 aliphatic rings. The number of amides is 1. The van der Waals surface area contributed by atoms with Crippen LogP contribution in [-0.2, 0) is 28.3 Å². The number of hydrogen-bond acceptors (Lipinski definition) is 8. The van der Waals surface area contributed by atoms with Gasteiger partial charge in [-0.05, 0) is 12.8 Å². The number of carbonyl (C=O) groups excluding carboxylic acids is 3. The second-order valence-electron chi connectivity index (χ2n) is 15.7. The largest absolute Gasteiger partial charge is 0.459 e. The number of alkyl halides is 3. The Hall–Kier alpha value is -0.570. The molecule has 0 rings (SSSR count). The van der Waals surface area contributed by atoms with Crippen LogP contribution in [-0.4, -0.2) is 65.2 Å². The summed E-state index contributed by atoms with van der Waals surface area (Å²) in [5.41, 5.74) is 0. The van der Waals surface area contributed by atoms with Crippen LogP contribution in [0.5, 0.6) is 0 Å². The molecule has 9 nitrogen and oxygen atoms in total. The Kier molecular flexibility index (Phi) is 40.4. The Labute approximate surface area is 365 Å². The quantitative estimate of drug-likeness (QED) is 0.0155. The van der Waals surface area contributed by atoms with E-state index in [4.69, 9.17) is 53.5 Å². The summed E-state index contributed by atoms with van der Waals surface area (Å²) in [4.78, 5) is 37.0. The van der Waals surface area contributed by atoms with E-state index in [2.05, 4.69) is 19.2 Å². The molecule has 0 saturated heterocycles. The fourth-order valence-electron chi connectivity index (χ4n) is 6.53. The SMILES string of the molecule is CCCCCCCCCCCCCCCCCC(=O)OCC(O)(C[P]OCCNC(=O)OCC(Cl)(Cl)Cl)OC(=O)CCCCCCCCCCCCCCCCC. The average molecular weight is 890 g/mol. The van der Waals surface area contributed by atoms with Gasteiger partial charge in [0.15, 0.2) is 6.61 Å². The third-order valence-corrected chi connectivity index (χ3v) is 11.3. The van der Waals surface area contributed by atoms with Gasteiger partial charge < -0.3 is 29.2 Å². The van der Waals surface area contributed by atoms with E-state index in [-0.39, 0.29) is 41.0 Å². The van der Waals surface area contributed by atoms with Crippen LogP contribution in [0.4, 0.5) is 4.79 Å². The lowest BCUT2D eigenvalue weighted by Gasteiger charge is -2.27. The van der Waals surface area contributed by atoms with E-state index in [1.807, 2.05) is 0 Å². The Morgan fingerprint density at radius 2 is 0.895 bits per heavy atom. The molecule has 2 N–H and O–H groups in total. The molecule has 57 heavy (non-hydrogen) atoms. The number of carbonyl (C=O) groups is 3. The van der Waals surface area contributed by atoms with Crippen molar-refractivity contribution in [2.24, 2.45) is 0 Å². The van der Waals surface area contributed by atoms with E-state index in [0.29, 0.717) is 12.8 Å². The minimum atomic E-state index is -2.03. The van der Waals surface area contributed by atoms with Crippen molar-refractivity contribution in [1.82, 2.24) is 5.32 Å². The zero-order valence-electron chi connectivity index (χ0n) is 36.0. The average Bonchev–Trinajstić information content (AvgIpc) is 3.17. The zero-order chi connectivity index (χ0) is 42.1. The highest BCUT2D eigenvalue weighted by Crippen LogP contribution is 2.26. The minimum Gasteiger partial charge on any atom is -0.459 e. The van der Waals surface area contributed by atoms with Crippen molar-refractivity contribution in [3.63, 3.8) is 0 Å². The van der Waals surface area contributed by atoms with Crippen LogP contribution in [0.25, 0.3) is 0 Å². The lowest BCUT2D eigenvalue weighted by Crippen LogP contribution is -2.43. The van der Waals surface area contributed by atoms with Crippen LogP contribution in [0.15, 0.2) is 0 Å². The van der Waals surface area contributed by atoms with Gasteiger partial charge in [0.1, 0.15) is 6.61 Å². The lowest BCUT2D eigenvalue weighted by atomic mass is 10.0. The lowest BCUT2D eigenvalue weighted by molar-refractivity contribution is -0.219. The molecule has 0 spiro atoms. The Bertz CT molecular complexity index is 946. The number of nitrogens with one attached hydrogen (secondary N) is 1. The van der Waals surface area contributed by atoms with Crippen molar-refractivity contribution in [3.05, 3.63) is 0 Å². The molecule has 0 fully saturated rings. The third kappa shape index (κ3) is 43.3. The van der Waals surface area contributed by atoms with Gasteiger partial charge in [0.2, 0.25) is 3.79 Å². The number of hydrogen-bond donors (Lipinski definition) is 2. The maximum Gasteiger partial charge on any atom is 0.407 e. The first kappa shape index (κ1) is 56.4. The number of unbranched alkanes of at least 4 members (excludes halogenated alkanes) is 28. The van der Waals surface area contributed by atoms with E-state index in [9.17, 15) is 19.5 Å². The van der Waals surface area contributed by atoms with Gasteiger partial charge in [0.05, 0.1) is 21.6 Å². The van der Waals surface area contributed by atoms with Crippen LogP contribution >= 0.6 is 43.6 Å². The van der Waals surface area contributed by atoms with Crippen molar-refractivity contribution in [3.8, 4) is 0 Å². The first-order valence-corrected chi connectivity index (χ1v) is 25.0. The standard InChI is InChI=1S/C44H82Cl3NO8P/c1-3-5-7-9-11-13-15-17-19-21-23-25-27-29-31-33-40(49)53-37-43(52,39-57-55-36-35-48-42(51)54-38-44(45,46)47)56-41(50)34-32-30-28-26-24-22-20-18-16-14-12-10-8-6-4-2/h52H,3-39H2,1-2H3,(H,48,51). The summed E-state index contributed by atoms with van der Waals surface area (Å²) < 4.78 is 19.4. The second kappa shape index (κ2) is 40.8. The van der Waals surface area contributed by atoms with Crippen molar-refractivity contribution in [2.45, 2.75) is 229 Å². The van der Waals surface area contributed by atoms with Crippen LogP contribution in [0, 0.1) is 0 Å². The predicted octanol–water partition coefficient (Wildman–Crippen LogP) is 14.3. The van der Waals surface area contributed by atoms with Crippen molar-refractivity contribution >= 4 is 61.6 Å². The highest BCUT2D eigenvalue weighted by atomic mass is 35.6. The normalized spacial score (nSPS) is 12.9. The smallest absolute Gasteiger partial charge is 0.407 e. The van der Waals surface area contributed by atoms with E-state index in [1.165, 1.54) is 148 Å². The highest BCUT2D eigenvalue weighted by Gasteiger charge is 2.34. The summed E-state index contributed by atoms with van der Waals surface area (Å²) in [7, 11) is 0.273. The van der Waals surface area contributed by atoms with Gasteiger partial charge in [0.25, 0.3) is 5.79 Å². The topological polar surface area (TPSA) is 120 Å². The molecule has 1 atom stereocenters. The summed E-state index contributed by atoms with van der Waals surface area (Å²) in [5, 5.41) is 13.7. The van der Waals surface area contributed by atoms with Crippen molar-refractivity contribution in [1.29, 1.82) is 0 Å². The maximum absolute atomic E-state index is 12.8. The molecule has 0 aromatic rings. The summed E-state index contributed by atoms with van der Waals surface area (Å²) in [6.07, 6.45) is 36.5. The number of alkyl carbamates (subject to hydrolysis) is 1. The van der Waals surface area contributed by atoms with E-state index in [0.717, 1.165) is 32.1 Å². The molecule has 1 radical (unpaired) electrons. The summed E-state index contributed by atoms with van der Waals surface area (Å²) >= 11 is 16.7. The highest BCUT2D eigenvalue weighted by molar-refractivity contribution is 7.32. The number of aliphatic hydroxyl groups is 1. The molecule has 0 bridgehead atoms. The molecule has 0 aromatic heterocycles. The van der Waals surface area contributed by atoms with Gasteiger partial charge in [-0.25, -0.2) is 4.79 Å². The molecule has 13 heteroatoms. The molecule has 0 aliphatic carbocycles. The summed E-state index contributed by atoms with van der Waals surface area (Å²) in [6, 6.07) is 0. The first-order chi connectivity index (χ1) is 27.5. The van der Waals surface area contributed by atoms with Gasteiger partial charge in [-0.15, -0.1) is 0 Å². The zero-order valence-corrected chi connectivity index (χ0v) is 39.2. The monoisotopic (exact) mass is 888 g/mol. The Morgan fingerprint density at radius 3 is 1.28 bits per heavy atom. The van der Waals surface area contributed by atoms with Crippen LogP contribution < -0.4 is 5.32 Å². The van der Waals surface area contributed by atoms with Crippen LogP contribution in [0.3, 0.4) is 0 Å². The van der Waals surface area contributed by atoms with E-state index in [1.54, 1.807) is 0 Å². The minimum absolute atomic E-state index is 0.0759. The molecule has 1 amide bonds. The third-order valence-electron chi connectivity index (χ3n) is 9.96. The Morgan fingerprint density at radius 1 is 0.526 bits per heavy atom. The van der Waals surface area contributed by atoms with Gasteiger partial charge in [-0.2, -0.15) is 0 Å². The number of ether oxygens (including phenoxy) is 3. The van der Waals surface area contributed by atoms with Crippen LogP contribution in [0.2, 0.25) is 0 Å². The van der Waals surface area contributed by atoms with Crippen LogP contribution in [0.1, 0.15) is 219 Å². The first-order valence-electron chi connectivity index (χ1n) is 22.9. The van der Waals surface area contributed by atoms with E-state index >= 15 is 0 Å². The molecule has 0 aliphatic heterocycles. The summed E-state index contributed by atoms with van der Waals surface area (Å²) in [6.45, 7) is 3.80. The Balaban J connectivity index is 4.37. The molecule has 0 aromatic carbocycles. The second-order valence-corrected chi connectivity index (χ2v) is 19.1. The van der Waals surface area contributed by atoms with Gasteiger partial charge in [-0.1, -0.05) is 228 Å². The number of halogens is 3. The molecular weight excluding hydrogens is 808 g/mol. The fourth-order valence-corrected chi connectivity index (χ4v) is 7.36. The maximum atomic E-state index is 12.8. The van der Waals surface area contributed by atoms with Gasteiger partial charge >= 0.3 is 18.0 Å². The van der Waals surface area contributed by atoms with Crippen molar-refractivity contribution < 1.29 is 38.2 Å². The molecule has 1 unspecified atom stereocenters. The molecule has 0 heterocycles. The van der Waals surface area contributed by atoms with E-state index < -0.39 is 40.8 Å². The van der Waals surface area contributed by atoms with Gasteiger partial charge in [0, 0.05) is 19.4 Å². The van der Waals surface area contributed by atoms with Gasteiger partial charge in [-0.3, -0.25) is 9.59 Å². The fraction of sp³-hybridized carbons (Fsp3) is 0.932. The number of rotatable bonds is 42. The predicted molar refractivity (Wildman–Crippen MR) is 238 cm³/mol. The number of esters is 2. The molecule has 337 valence electrons.